The zero-order valence-corrected chi connectivity index (χ0v) is 56.9. The Hall–Kier alpha value is -8.93. The largest absolute Gasteiger partial charge is 0.455 e. The fraction of sp³-hybridized carbons (Fsp3) is 0.473. The van der Waals surface area contributed by atoms with Gasteiger partial charge in [-0.15, -0.1) is 0 Å². The van der Waals surface area contributed by atoms with Crippen LogP contribution in [0.2, 0.25) is 5.02 Å². The van der Waals surface area contributed by atoms with Gasteiger partial charge in [0.2, 0.25) is 35.6 Å². The molecule has 0 aliphatic heterocycles. The number of Topliss-reactive ketones (excluding diaryl/α,β-unsaturated/α-hetero) is 2. The van der Waals surface area contributed by atoms with E-state index in [0.717, 1.165) is 24.6 Å². The number of aliphatic hydroxyl groups is 2. The first-order chi connectivity index (χ1) is 46.3. The van der Waals surface area contributed by atoms with Crippen LogP contribution in [-0.4, -0.2) is 124 Å². The topological polar surface area (TPSA) is 356 Å². The summed E-state index contributed by atoms with van der Waals surface area (Å²) in [7, 11) is 0. The SMILES string of the molecule is CC1=C2[C@@H](C)C(=O)[C@@]3(C)[C@H]([C@H](OC(=O)c4ccccc4)[C@](O)(C[C@@H]1OC(=O)[C@H](OC(=O)CCC(=O)NCCCCC(NC(=O)CC[C@H](CC(=O)C(C)NC(=O)/C=C/c1ccc(F)cc1Cl)C(N)=O)C(N)=O)[C@H](NC(=O)c1ccccc1)c1ccccc1)C2(C)C)[C@]1(C)CC[C@@H]1C[C@@H]3O. The standard InChI is InChI=1S/C74H88ClFN6O16/c1-41-54(40-74(95)65(98-69(93)47-23-15-10-16-24-47)63-72(6)35-34-49(72)38-55(84)73(63,7)64(89)42(2)60(41)71(74,4)5)96-70(94)62(61(45-19-11-8-12-20-45)82-68(92)46-21-13-9-14-22-46)97-59(88)33-32-56(85)79-36-18-17-25-52(67(78)91)81-58(87)31-28-48(66(77)90)37-53(83)43(3)80-57(86)30-27-44-26-29-50(76)39-51(44)75/h8-16,19-24,26-27,29-30,39,42-43,48-49,52,54-55,61-63,65,84,95H,17-18,25,28,31-38,40H2,1-7H3,(H2,77,90)(H2,78,91)(H,79,85)(H,80,86)(H,81,87)(H,82,92)/b30-27+/t42-,43?,48-,49-,52?,54+,55+,61-,62-,63-,65+,72-,73-,74-/m1/s1. The lowest BCUT2D eigenvalue weighted by atomic mass is 9.37. The minimum Gasteiger partial charge on any atom is -0.455 e. The smallest absolute Gasteiger partial charge is 0.350 e. The minimum atomic E-state index is -2.11. The van der Waals surface area contributed by atoms with Gasteiger partial charge in [-0.25, -0.2) is 14.0 Å². The van der Waals surface area contributed by atoms with Crippen LogP contribution in [0.25, 0.3) is 6.08 Å². The van der Waals surface area contributed by atoms with Crippen molar-refractivity contribution in [2.24, 2.45) is 51.4 Å². The second kappa shape index (κ2) is 31.7. The van der Waals surface area contributed by atoms with Crippen molar-refractivity contribution in [3.63, 3.8) is 0 Å². The zero-order chi connectivity index (χ0) is 71.6. The molecule has 0 saturated heterocycles. The summed E-state index contributed by atoms with van der Waals surface area (Å²) in [6.07, 6.45) is -3.59. The lowest BCUT2D eigenvalue weighted by Gasteiger charge is -2.68. The summed E-state index contributed by atoms with van der Waals surface area (Å²) in [5.74, 6) is -11.9. The molecule has 24 heteroatoms. The minimum absolute atomic E-state index is 0.0405. The Bertz CT molecular complexity index is 3740. The Kier molecular flexibility index (Phi) is 24.2. The molecule has 2 bridgehead atoms. The lowest BCUT2D eigenvalue weighted by molar-refractivity contribution is -0.265. The first-order valence-electron chi connectivity index (χ1n) is 33.2. The Morgan fingerprint density at radius 1 is 0.786 bits per heavy atom. The number of benzene rings is 4. The highest BCUT2D eigenvalue weighted by Gasteiger charge is 2.74. The van der Waals surface area contributed by atoms with E-state index in [0.29, 0.717) is 35.1 Å². The maximum Gasteiger partial charge on any atom is 0.350 e. The molecule has 98 heavy (non-hydrogen) atoms. The van der Waals surface area contributed by atoms with Gasteiger partial charge < -0.3 is 57.2 Å². The number of hydrogen-bond acceptors (Lipinski definition) is 16. The number of carbonyl (C=O) groups is 11. The average molecular weight is 1370 g/mol. The lowest BCUT2D eigenvalue weighted by Crippen LogP contribution is -2.74. The highest BCUT2D eigenvalue weighted by molar-refractivity contribution is 6.32. The molecular weight excluding hydrogens is 1280 g/mol. The molecule has 0 aromatic heterocycles. The number of halogens is 2. The van der Waals surface area contributed by atoms with Gasteiger partial charge in [0.25, 0.3) is 5.91 Å². The molecule has 0 spiro atoms. The van der Waals surface area contributed by atoms with Gasteiger partial charge in [0, 0.05) is 67.0 Å². The predicted molar refractivity (Wildman–Crippen MR) is 359 cm³/mol. The summed E-state index contributed by atoms with van der Waals surface area (Å²) >= 11 is 6.01. The molecule has 524 valence electrons. The molecule has 0 radical (unpaired) electrons. The van der Waals surface area contributed by atoms with Crippen LogP contribution in [0.4, 0.5) is 4.39 Å². The molecule has 14 atom stereocenters. The van der Waals surface area contributed by atoms with Crippen molar-refractivity contribution in [3.8, 4) is 0 Å². The number of esters is 3. The number of ketones is 2. The third-order valence-corrected chi connectivity index (χ3v) is 21.2. The summed E-state index contributed by atoms with van der Waals surface area (Å²) < 4.78 is 32.6. The van der Waals surface area contributed by atoms with Gasteiger partial charge in [-0.3, -0.25) is 43.2 Å². The molecule has 22 nitrogen and oxygen atoms in total. The van der Waals surface area contributed by atoms with Crippen molar-refractivity contribution in [2.45, 2.75) is 174 Å². The monoisotopic (exact) mass is 1370 g/mol. The van der Waals surface area contributed by atoms with E-state index >= 15 is 9.59 Å². The van der Waals surface area contributed by atoms with Crippen LogP contribution < -0.4 is 32.7 Å². The number of amides is 6. The molecule has 10 N–H and O–H groups in total. The third kappa shape index (κ3) is 16.6. The van der Waals surface area contributed by atoms with E-state index in [9.17, 15) is 57.8 Å². The highest BCUT2D eigenvalue weighted by Crippen LogP contribution is 2.70. The van der Waals surface area contributed by atoms with Gasteiger partial charge in [0.05, 0.1) is 34.6 Å². The molecule has 6 amide bonds. The summed E-state index contributed by atoms with van der Waals surface area (Å²) in [6, 6.07) is 24.5. The quantitative estimate of drug-likeness (QED) is 0.00853. The Morgan fingerprint density at radius 2 is 1.43 bits per heavy atom. The van der Waals surface area contributed by atoms with E-state index in [2.05, 4.69) is 21.3 Å². The van der Waals surface area contributed by atoms with Gasteiger partial charge >= 0.3 is 17.9 Å². The van der Waals surface area contributed by atoms with Crippen LogP contribution >= 0.6 is 11.6 Å². The maximum atomic E-state index is 15.6. The summed E-state index contributed by atoms with van der Waals surface area (Å²) in [5, 5.41) is 36.8. The molecule has 4 aromatic rings. The highest BCUT2D eigenvalue weighted by atomic mass is 35.5. The molecule has 3 fully saturated rings. The first-order valence-corrected chi connectivity index (χ1v) is 33.5. The number of carbonyl (C=O) groups excluding carboxylic acids is 11. The predicted octanol–water partition coefficient (Wildman–Crippen LogP) is 7.59. The average Bonchev–Trinajstić information content (AvgIpc) is 0.674. The van der Waals surface area contributed by atoms with Crippen LogP contribution in [0.15, 0.2) is 126 Å². The van der Waals surface area contributed by atoms with Gasteiger partial charge in [-0.1, -0.05) is 112 Å². The number of nitrogens with one attached hydrogen (secondary N) is 4. The van der Waals surface area contributed by atoms with Crippen LogP contribution in [0.1, 0.15) is 163 Å². The molecular formula is C74H88ClFN6O16. The Balaban J connectivity index is 0.929. The van der Waals surface area contributed by atoms with Crippen molar-refractivity contribution < 1.29 is 81.6 Å². The second-order valence-electron chi connectivity index (χ2n) is 27.4. The van der Waals surface area contributed by atoms with E-state index in [1.165, 1.54) is 19.1 Å². The van der Waals surface area contributed by atoms with E-state index in [-0.39, 0.29) is 66.5 Å². The molecule has 3 saturated carbocycles. The van der Waals surface area contributed by atoms with Crippen molar-refractivity contribution in [1.82, 2.24) is 21.3 Å². The van der Waals surface area contributed by atoms with Crippen molar-refractivity contribution in [3.05, 3.63) is 160 Å². The second-order valence-corrected chi connectivity index (χ2v) is 27.8. The fourth-order valence-electron chi connectivity index (χ4n) is 15.1. The molecule has 4 aliphatic carbocycles. The van der Waals surface area contributed by atoms with Gasteiger partial charge in [-0.2, -0.15) is 0 Å². The number of nitrogens with two attached hydrogens (primary N) is 2. The van der Waals surface area contributed by atoms with Crippen LogP contribution in [0.3, 0.4) is 0 Å². The van der Waals surface area contributed by atoms with E-state index in [1.54, 1.807) is 126 Å². The number of unbranched alkanes of at least 4 members (excludes halogenated alkanes) is 1. The fourth-order valence-corrected chi connectivity index (χ4v) is 15.3. The van der Waals surface area contributed by atoms with Crippen LogP contribution in [0, 0.1) is 45.7 Å². The summed E-state index contributed by atoms with van der Waals surface area (Å²) in [5.41, 5.74) is 7.35. The van der Waals surface area contributed by atoms with E-state index in [4.69, 9.17) is 37.3 Å². The zero-order valence-electron chi connectivity index (χ0n) is 56.1. The number of ether oxygens (including phenoxy) is 3. The van der Waals surface area contributed by atoms with E-state index in [1.807, 2.05) is 6.92 Å². The van der Waals surface area contributed by atoms with Crippen molar-refractivity contribution in [2.75, 3.05) is 6.54 Å². The van der Waals surface area contributed by atoms with Gasteiger partial charge in [-0.05, 0) is 142 Å². The number of fused-ring (bicyclic) bond motifs is 5. The normalized spacial score (nSPS) is 25.3. The molecule has 2 unspecified atom stereocenters. The van der Waals surface area contributed by atoms with Crippen LogP contribution in [-0.2, 0) is 57.4 Å². The summed E-state index contributed by atoms with van der Waals surface area (Å²) in [4.78, 5) is 151. The third-order valence-electron chi connectivity index (χ3n) is 20.9. The molecule has 0 heterocycles. The van der Waals surface area contributed by atoms with Crippen molar-refractivity contribution in [1.29, 1.82) is 0 Å². The molecule has 8 rings (SSSR count). The van der Waals surface area contributed by atoms with Gasteiger partial charge in [0.15, 0.2) is 5.78 Å². The van der Waals surface area contributed by atoms with Crippen molar-refractivity contribution >= 4 is 82.6 Å². The molecule has 4 aromatic carbocycles. The summed E-state index contributed by atoms with van der Waals surface area (Å²) in [6.45, 7) is 12.1. The number of rotatable bonds is 29. The van der Waals surface area contributed by atoms with E-state index < -0.39 is 173 Å². The Labute approximate surface area is 574 Å². The number of primary amides is 2. The molecule has 4 aliphatic rings. The maximum absolute atomic E-state index is 15.6. The first kappa shape index (κ1) is 74.9. The number of hydrogen-bond donors (Lipinski definition) is 8. The Morgan fingerprint density at radius 3 is 2.04 bits per heavy atom. The van der Waals surface area contributed by atoms with Crippen LogP contribution in [0.5, 0.6) is 0 Å². The number of aliphatic hydroxyl groups excluding tert-OH is 1. The van der Waals surface area contributed by atoms with Gasteiger partial charge in [0.1, 0.15) is 41.5 Å².